The van der Waals surface area contributed by atoms with E-state index in [-0.39, 0.29) is 5.43 Å². The van der Waals surface area contributed by atoms with Crippen molar-refractivity contribution in [2.75, 3.05) is 26.2 Å². The highest BCUT2D eigenvalue weighted by Gasteiger charge is 2.12. The highest BCUT2D eigenvalue weighted by atomic mass is 32.2. The molecular weight excluding hydrogens is 334 g/mol. The maximum Gasteiger partial charge on any atom is 0.201 e. The molecule has 0 amide bonds. The van der Waals surface area contributed by atoms with Crippen molar-refractivity contribution in [3.8, 4) is 0 Å². The molecule has 0 saturated carbocycles. The Bertz CT molecular complexity index is 902. The minimum absolute atomic E-state index is 0.00769. The molecule has 0 unspecified atom stereocenters. The molecule has 132 valence electrons. The fourth-order valence-electron chi connectivity index (χ4n) is 2.88. The predicted molar refractivity (Wildman–Crippen MR) is 104 cm³/mol. The Morgan fingerprint density at radius 2 is 1.80 bits per heavy atom. The first kappa shape index (κ1) is 18.0. The van der Waals surface area contributed by atoms with E-state index in [4.69, 9.17) is 8.60 Å². The molecular formula is C20H23NO3S. The number of hydrogen-bond donors (Lipinski definition) is 0. The van der Waals surface area contributed by atoms with Crippen LogP contribution < -0.4 is 5.43 Å². The van der Waals surface area contributed by atoms with Gasteiger partial charge in [-0.15, -0.1) is 0 Å². The molecule has 0 saturated heterocycles. The molecule has 0 N–H and O–H groups in total. The van der Waals surface area contributed by atoms with Crippen LogP contribution in [-0.4, -0.2) is 31.1 Å². The Morgan fingerprint density at radius 1 is 1.04 bits per heavy atom. The molecule has 0 aliphatic rings. The summed E-state index contributed by atoms with van der Waals surface area (Å²) in [6, 6.07) is 13.0. The average Bonchev–Trinajstić information content (AvgIpc) is 2.65. The summed E-state index contributed by atoms with van der Waals surface area (Å²) in [5.41, 5.74) is 1.20. The second kappa shape index (κ2) is 8.52. The highest BCUT2D eigenvalue weighted by Crippen LogP contribution is 2.28. The molecule has 0 aliphatic heterocycles. The standard InChI is InChI=1S/C20H23NO3S/c1-3-21(4-2)13-8-14-23-25-18-12-7-11-17-19(18)20(22)15-9-5-6-10-16(15)24-17/h5-7,9-12H,3-4,8,13-14H2,1-2H3. The van der Waals surface area contributed by atoms with Gasteiger partial charge in [0.1, 0.15) is 11.2 Å². The summed E-state index contributed by atoms with van der Waals surface area (Å²) in [5.74, 6) is 0. The molecule has 0 radical (unpaired) electrons. The summed E-state index contributed by atoms with van der Waals surface area (Å²) >= 11 is 1.26. The lowest BCUT2D eigenvalue weighted by Crippen LogP contribution is -2.24. The van der Waals surface area contributed by atoms with Crippen molar-refractivity contribution in [1.29, 1.82) is 0 Å². The minimum Gasteiger partial charge on any atom is -0.456 e. The van der Waals surface area contributed by atoms with Crippen molar-refractivity contribution in [3.05, 3.63) is 52.7 Å². The Morgan fingerprint density at radius 3 is 2.60 bits per heavy atom. The zero-order valence-electron chi connectivity index (χ0n) is 14.7. The molecule has 0 aliphatic carbocycles. The smallest absolute Gasteiger partial charge is 0.201 e. The number of para-hydroxylation sites is 1. The third kappa shape index (κ3) is 4.06. The molecule has 3 aromatic rings. The lowest BCUT2D eigenvalue weighted by Gasteiger charge is -2.17. The fraction of sp³-hybridized carbons (Fsp3) is 0.350. The summed E-state index contributed by atoms with van der Waals surface area (Å²) in [7, 11) is 0. The van der Waals surface area contributed by atoms with Gasteiger partial charge < -0.3 is 13.5 Å². The summed E-state index contributed by atoms with van der Waals surface area (Å²) in [6.45, 7) is 8.12. The molecule has 1 aromatic heterocycles. The van der Waals surface area contributed by atoms with Crippen LogP contribution in [0, 0.1) is 0 Å². The lowest BCUT2D eigenvalue weighted by atomic mass is 10.1. The van der Waals surface area contributed by atoms with Gasteiger partial charge in [-0.05, 0) is 43.8 Å². The Balaban J connectivity index is 1.76. The molecule has 2 aromatic carbocycles. The molecule has 0 fully saturated rings. The van der Waals surface area contributed by atoms with Gasteiger partial charge in [-0.3, -0.25) is 4.79 Å². The quantitative estimate of drug-likeness (QED) is 0.332. The van der Waals surface area contributed by atoms with Crippen LogP contribution in [-0.2, 0) is 4.18 Å². The van der Waals surface area contributed by atoms with E-state index in [1.807, 2.05) is 36.4 Å². The van der Waals surface area contributed by atoms with Gasteiger partial charge in [0.15, 0.2) is 0 Å². The van der Waals surface area contributed by atoms with E-state index in [1.54, 1.807) is 6.07 Å². The number of rotatable bonds is 8. The van der Waals surface area contributed by atoms with Gasteiger partial charge in [0.05, 0.1) is 22.3 Å². The number of nitrogens with zero attached hydrogens (tertiary/aromatic N) is 1. The van der Waals surface area contributed by atoms with Crippen LogP contribution in [0.2, 0.25) is 0 Å². The van der Waals surface area contributed by atoms with Crippen molar-refractivity contribution < 1.29 is 8.60 Å². The number of hydrogen-bond acceptors (Lipinski definition) is 5. The third-order valence-electron chi connectivity index (χ3n) is 4.31. The van der Waals surface area contributed by atoms with Crippen molar-refractivity contribution >= 4 is 34.0 Å². The molecule has 3 rings (SSSR count). The van der Waals surface area contributed by atoms with Crippen LogP contribution in [0.1, 0.15) is 20.3 Å². The summed E-state index contributed by atoms with van der Waals surface area (Å²) in [6.07, 6.45) is 0.969. The Labute approximate surface area is 152 Å². The zero-order chi connectivity index (χ0) is 17.6. The monoisotopic (exact) mass is 357 g/mol. The Kier molecular flexibility index (Phi) is 6.13. The van der Waals surface area contributed by atoms with Crippen LogP contribution in [0.3, 0.4) is 0 Å². The van der Waals surface area contributed by atoms with Gasteiger partial charge in [0.25, 0.3) is 0 Å². The second-order valence-electron chi connectivity index (χ2n) is 5.84. The largest absolute Gasteiger partial charge is 0.456 e. The molecule has 4 nitrogen and oxygen atoms in total. The molecule has 0 spiro atoms. The SMILES string of the molecule is CCN(CC)CCCOSc1cccc2oc3ccccc3c(=O)c12. The zero-order valence-corrected chi connectivity index (χ0v) is 15.5. The van der Waals surface area contributed by atoms with Gasteiger partial charge in [-0.2, -0.15) is 0 Å². The van der Waals surface area contributed by atoms with Crippen molar-refractivity contribution in [2.24, 2.45) is 0 Å². The minimum atomic E-state index is -0.00769. The van der Waals surface area contributed by atoms with Gasteiger partial charge in [0.2, 0.25) is 5.43 Å². The summed E-state index contributed by atoms with van der Waals surface area (Å²) in [5, 5.41) is 1.19. The van der Waals surface area contributed by atoms with Crippen molar-refractivity contribution in [3.63, 3.8) is 0 Å². The van der Waals surface area contributed by atoms with E-state index < -0.39 is 0 Å². The van der Waals surface area contributed by atoms with E-state index in [1.165, 1.54) is 12.0 Å². The molecule has 0 atom stereocenters. The molecule has 5 heteroatoms. The van der Waals surface area contributed by atoms with Crippen molar-refractivity contribution in [1.82, 2.24) is 4.90 Å². The van der Waals surface area contributed by atoms with Crippen LogP contribution in [0.4, 0.5) is 0 Å². The first-order valence-corrected chi connectivity index (χ1v) is 9.45. The topological polar surface area (TPSA) is 42.7 Å². The van der Waals surface area contributed by atoms with E-state index >= 15 is 0 Å². The predicted octanol–water partition coefficient (Wildman–Crippen LogP) is 4.70. The first-order chi connectivity index (χ1) is 12.2. The highest BCUT2D eigenvalue weighted by molar-refractivity contribution is 7.95. The van der Waals surface area contributed by atoms with Gasteiger partial charge >= 0.3 is 0 Å². The van der Waals surface area contributed by atoms with Crippen LogP contribution in [0.15, 0.2) is 56.6 Å². The van der Waals surface area contributed by atoms with Crippen LogP contribution in [0.25, 0.3) is 21.9 Å². The first-order valence-electron chi connectivity index (χ1n) is 8.71. The normalized spacial score (nSPS) is 11.6. The molecule has 0 bridgehead atoms. The maximum absolute atomic E-state index is 12.8. The molecule has 1 heterocycles. The van der Waals surface area contributed by atoms with Crippen LogP contribution in [0.5, 0.6) is 0 Å². The average molecular weight is 357 g/mol. The maximum atomic E-state index is 12.8. The lowest BCUT2D eigenvalue weighted by molar-refractivity contribution is 0.266. The second-order valence-corrected chi connectivity index (χ2v) is 6.68. The van der Waals surface area contributed by atoms with Crippen molar-refractivity contribution in [2.45, 2.75) is 25.2 Å². The third-order valence-corrected chi connectivity index (χ3v) is 5.12. The summed E-state index contributed by atoms with van der Waals surface area (Å²) in [4.78, 5) is 16.0. The number of fused-ring (bicyclic) bond motifs is 2. The van der Waals surface area contributed by atoms with Gasteiger partial charge in [0, 0.05) is 18.6 Å². The van der Waals surface area contributed by atoms with E-state index in [9.17, 15) is 4.79 Å². The van der Waals surface area contributed by atoms with Crippen LogP contribution >= 0.6 is 12.0 Å². The van der Waals surface area contributed by atoms with E-state index in [0.29, 0.717) is 28.5 Å². The van der Waals surface area contributed by atoms with Gasteiger partial charge in [-0.25, -0.2) is 0 Å². The van der Waals surface area contributed by atoms with E-state index in [0.717, 1.165) is 31.0 Å². The van der Waals surface area contributed by atoms with Gasteiger partial charge in [-0.1, -0.05) is 32.0 Å². The molecule has 25 heavy (non-hydrogen) atoms. The Hall–Kier alpha value is -1.82. The fourth-order valence-corrected chi connectivity index (χ4v) is 3.62. The number of benzene rings is 2. The van der Waals surface area contributed by atoms with E-state index in [2.05, 4.69) is 18.7 Å². The summed E-state index contributed by atoms with van der Waals surface area (Å²) < 4.78 is 11.6.